The predicted octanol–water partition coefficient (Wildman–Crippen LogP) is 1.01. The number of nitrogens with one attached hydrogen (secondary N) is 2. The summed E-state index contributed by atoms with van der Waals surface area (Å²) in [5.74, 6) is 0.0784. The number of β-amino-alcohol motifs (C(OH)–C–C–N with tert-alkyl or cyclic N) is 1. The van der Waals surface area contributed by atoms with Crippen LogP contribution in [0.4, 0.5) is 13.2 Å². The molecule has 0 amide bonds. The Morgan fingerprint density at radius 2 is 2.19 bits per heavy atom. The monoisotopic (exact) mass is 304 g/mol. The zero-order valence-electron chi connectivity index (χ0n) is 11.8. The number of aliphatic hydroxyl groups is 1. The summed E-state index contributed by atoms with van der Waals surface area (Å²) in [5, 5.41) is 16.3. The first-order valence-corrected chi connectivity index (χ1v) is 6.84. The molecule has 21 heavy (non-hydrogen) atoms. The van der Waals surface area contributed by atoms with Gasteiger partial charge in [0.25, 0.3) is 0 Å². The summed E-state index contributed by atoms with van der Waals surface area (Å²) < 4.78 is 38.0. The highest BCUT2D eigenvalue weighted by atomic mass is 19.4. The predicted molar refractivity (Wildman–Crippen MR) is 70.5 cm³/mol. The lowest BCUT2D eigenvalue weighted by atomic mass is 9.94. The minimum Gasteiger partial charge on any atom is -0.387 e. The van der Waals surface area contributed by atoms with E-state index in [9.17, 15) is 18.3 Å². The molecule has 0 aliphatic carbocycles. The Morgan fingerprint density at radius 3 is 2.81 bits per heavy atom. The number of halogens is 3. The molecule has 0 bridgehead atoms. The van der Waals surface area contributed by atoms with Crippen LogP contribution in [-0.4, -0.2) is 40.3 Å². The minimum absolute atomic E-state index is 0.0784. The Balaban J connectivity index is 1.95. The average molecular weight is 304 g/mol. The topological polar surface area (TPSA) is 70.1 Å². The maximum Gasteiger partial charge on any atom is 0.433 e. The second kappa shape index (κ2) is 6.25. The normalized spacial score (nSPS) is 23.3. The van der Waals surface area contributed by atoms with Crippen molar-refractivity contribution >= 4 is 0 Å². The van der Waals surface area contributed by atoms with E-state index >= 15 is 0 Å². The van der Waals surface area contributed by atoms with Gasteiger partial charge in [-0.15, -0.1) is 0 Å². The number of hydrogen-bond acceptors (Lipinski definition) is 5. The van der Waals surface area contributed by atoms with Gasteiger partial charge in [-0.2, -0.15) is 13.2 Å². The molecule has 1 aliphatic heterocycles. The van der Waals surface area contributed by atoms with Crippen molar-refractivity contribution in [2.45, 2.75) is 38.1 Å². The van der Waals surface area contributed by atoms with Crippen LogP contribution in [0.1, 0.15) is 30.1 Å². The van der Waals surface area contributed by atoms with Crippen molar-refractivity contribution in [1.29, 1.82) is 0 Å². The number of aromatic nitrogens is 2. The molecular formula is C13H19F3N4O. The summed E-state index contributed by atoms with van der Waals surface area (Å²) in [6, 6.07) is 0.919. The quantitative estimate of drug-likeness (QED) is 0.774. The minimum atomic E-state index is -4.48. The molecule has 0 spiro atoms. The van der Waals surface area contributed by atoms with E-state index in [0.717, 1.165) is 19.0 Å². The highest BCUT2D eigenvalue weighted by Crippen LogP contribution is 2.27. The van der Waals surface area contributed by atoms with Crippen LogP contribution in [-0.2, 0) is 12.7 Å². The Kier molecular flexibility index (Phi) is 4.80. The first-order chi connectivity index (χ1) is 9.78. The molecule has 1 atom stereocenters. The van der Waals surface area contributed by atoms with E-state index < -0.39 is 17.5 Å². The van der Waals surface area contributed by atoms with Crippen molar-refractivity contribution in [3.63, 3.8) is 0 Å². The third-order valence-electron chi connectivity index (χ3n) is 3.38. The van der Waals surface area contributed by atoms with E-state index in [-0.39, 0.29) is 18.1 Å². The van der Waals surface area contributed by atoms with Crippen molar-refractivity contribution in [2.24, 2.45) is 0 Å². The van der Waals surface area contributed by atoms with Gasteiger partial charge in [-0.3, -0.25) is 0 Å². The molecule has 0 aromatic carbocycles. The number of aryl methyl sites for hydroxylation is 1. The highest BCUT2D eigenvalue weighted by Gasteiger charge is 2.33. The summed E-state index contributed by atoms with van der Waals surface area (Å²) in [7, 11) is 0. The average Bonchev–Trinajstić information content (AvgIpc) is 2.37. The van der Waals surface area contributed by atoms with Crippen LogP contribution in [0.25, 0.3) is 0 Å². The van der Waals surface area contributed by atoms with E-state index in [0.29, 0.717) is 19.5 Å². The third-order valence-corrected chi connectivity index (χ3v) is 3.38. The Bertz CT molecular complexity index is 487. The fourth-order valence-corrected chi connectivity index (χ4v) is 2.36. The molecule has 0 unspecified atom stereocenters. The molecule has 0 radical (unpaired) electrons. The Labute approximate surface area is 121 Å². The van der Waals surface area contributed by atoms with Crippen LogP contribution in [0.2, 0.25) is 0 Å². The van der Waals surface area contributed by atoms with Crippen LogP contribution in [0.15, 0.2) is 6.07 Å². The molecule has 8 heteroatoms. The molecule has 1 fully saturated rings. The fourth-order valence-electron chi connectivity index (χ4n) is 2.36. The fraction of sp³-hybridized carbons (Fsp3) is 0.692. The molecule has 5 nitrogen and oxygen atoms in total. The molecule has 1 aromatic rings. The van der Waals surface area contributed by atoms with Crippen molar-refractivity contribution < 1.29 is 18.3 Å². The van der Waals surface area contributed by atoms with Crippen LogP contribution in [0.3, 0.4) is 0 Å². The summed E-state index contributed by atoms with van der Waals surface area (Å²) in [5.41, 5.74) is -1.54. The van der Waals surface area contributed by atoms with Crippen LogP contribution in [0, 0.1) is 6.92 Å². The van der Waals surface area contributed by atoms with E-state index in [1.165, 1.54) is 6.92 Å². The van der Waals surface area contributed by atoms with Gasteiger partial charge in [-0.25, -0.2) is 9.97 Å². The summed E-state index contributed by atoms with van der Waals surface area (Å²) in [6.45, 7) is 3.23. The number of nitrogens with zero attached hydrogens (tertiary/aromatic N) is 2. The van der Waals surface area contributed by atoms with E-state index in [2.05, 4.69) is 20.6 Å². The van der Waals surface area contributed by atoms with Crippen LogP contribution >= 0.6 is 0 Å². The molecule has 2 heterocycles. The van der Waals surface area contributed by atoms with Gasteiger partial charge in [0.15, 0.2) is 0 Å². The Morgan fingerprint density at radius 1 is 1.43 bits per heavy atom. The van der Waals surface area contributed by atoms with Crippen molar-refractivity contribution in [1.82, 2.24) is 20.6 Å². The molecular weight excluding hydrogens is 285 g/mol. The second-order valence-corrected chi connectivity index (χ2v) is 5.42. The second-order valence-electron chi connectivity index (χ2n) is 5.42. The van der Waals surface area contributed by atoms with Crippen molar-refractivity contribution in [3.8, 4) is 0 Å². The summed E-state index contributed by atoms with van der Waals surface area (Å²) in [6.07, 6.45) is -2.94. The van der Waals surface area contributed by atoms with E-state index in [1.807, 2.05) is 0 Å². The smallest absolute Gasteiger partial charge is 0.387 e. The lowest BCUT2D eigenvalue weighted by molar-refractivity contribution is -0.141. The highest BCUT2D eigenvalue weighted by molar-refractivity contribution is 5.13. The summed E-state index contributed by atoms with van der Waals surface area (Å²) in [4.78, 5) is 7.50. The molecule has 118 valence electrons. The van der Waals surface area contributed by atoms with E-state index in [4.69, 9.17) is 0 Å². The van der Waals surface area contributed by atoms with Crippen LogP contribution < -0.4 is 10.6 Å². The lowest BCUT2D eigenvalue weighted by Gasteiger charge is -2.32. The van der Waals surface area contributed by atoms with Gasteiger partial charge in [-0.05, 0) is 32.4 Å². The zero-order chi connectivity index (χ0) is 15.5. The zero-order valence-corrected chi connectivity index (χ0v) is 11.8. The Hall–Kier alpha value is -1.25. The number of hydrogen-bond donors (Lipinski definition) is 3. The number of rotatable bonds is 4. The molecule has 3 N–H and O–H groups in total. The van der Waals surface area contributed by atoms with Crippen molar-refractivity contribution in [2.75, 3.05) is 19.6 Å². The molecule has 1 saturated heterocycles. The lowest BCUT2D eigenvalue weighted by Crippen LogP contribution is -2.51. The summed E-state index contributed by atoms with van der Waals surface area (Å²) >= 11 is 0. The van der Waals surface area contributed by atoms with Gasteiger partial charge in [0, 0.05) is 18.8 Å². The van der Waals surface area contributed by atoms with Gasteiger partial charge >= 0.3 is 6.18 Å². The maximum absolute atomic E-state index is 12.7. The third kappa shape index (κ3) is 4.62. The maximum atomic E-state index is 12.7. The molecule has 1 aliphatic rings. The largest absolute Gasteiger partial charge is 0.433 e. The van der Waals surface area contributed by atoms with Crippen LogP contribution in [0.5, 0.6) is 0 Å². The SMILES string of the molecule is Cc1cc(C(F)(F)F)nc(CNC[C@@]2(O)CCCNC2)n1. The van der Waals surface area contributed by atoms with Crippen molar-refractivity contribution in [3.05, 3.63) is 23.3 Å². The number of alkyl halides is 3. The van der Waals surface area contributed by atoms with Gasteiger partial charge < -0.3 is 15.7 Å². The number of piperidine rings is 1. The van der Waals surface area contributed by atoms with Gasteiger partial charge in [0.05, 0.1) is 12.1 Å². The van der Waals surface area contributed by atoms with Gasteiger partial charge in [0.1, 0.15) is 11.5 Å². The van der Waals surface area contributed by atoms with E-state index in [1.54, 1.807) is 0 Å². The van der Waals surface area contributed by atoms with Gasteiger partial charge in [0.2, 0.25) is 0 Å². The molecule has 2 rings (SSSR count). The molecule has 0 saturated carbocycles. The first kappa shape index (κ1) is 16.1. The molecule has 1 aromatic heterocycles. The first-order valence-electron chi connectivity index (χ1n) is 6.84. The van der Waals surface area contributed by atoms with Gasteiger partial charge in [-0.1, -0.05) is 0 Å². The standard InChI is InChI=1S/C13H19F3N4O/c1-9-5-10(13(14,15)16)20-11(19-9)6-18-8-12(21)3-2-4-17-7-12/h5,17-18,21H,2-4,6-8H2,1H3/t12-/m1/s1.